The minimum absolute atomic E-state index is 0.0261. The highest BCUT2D eigenvalue weighted by Gasteiger charge is 2.40. The molecule has 0 saturated carbocycles. The summed E-state index contributed by atoms with van der Waals surface area (Å²) in [4.78, 5) is 11.2. The van der Waals surface area contributed by atoms with Crippen molar-refractivity contribution in [2.75, 3.05) is 5.32 Å². The maximum atomic E-state index is 11.2. The molecule has 1 aromatic rings. The highest BCUT2D eigenvalue weighted by atomic mass is 16.4. The zero-order valence-electron chi connectivity index (χ0n) is 9.87. The normalized spacial score (nSPS) is 19.1. The van der Waals surface area contributed by atoms with E-state index < -0.39 is 11.4 Å². The van der Waals surface area contributed by atoms with Gasteiger partial charge in [-0.05, 0) is 38.8 Å². The Morgan fingerprint density at radius 1 is 1.50 bits per heavy atom. The van der Waals surface area contributed by atoms with Crippen LogP contribution in [0.2, 0.25) is 0 Å². The van der Waals surface area contributed by atoms with Crippen molar-refractivity contribution in [3.05, 3.63) is 29.3 Å². The van der Waals surface area contributed by atoms with Crippen molar-refractivity contribution in [1.82, 2.24) is 0 Å². The Morgan fingerprint density at radius 2 is 2.19 bits per heavy atom. The molecule has 0 bridgehead atoms. The molecule has 1 atom stereocenters. The molecule has 0 amide bonds. The second-order valence-electron chi connectivity index (χ2n) is 5.09. The fourth-order valence-corrected chi connectivity index (χ4v) is 2.08. The molecule has 1 aliphatic heterocycles. The van der Waals surface area contributed by atoms with Gasteiger partial charge in [-0.1, -0.05) is 17.7 Å². The number of benzene rings is 1. The number of nitrogens with one attached hydrogen (secondary N) is 1. The van der Waals surface area contributed by atoms with Crippen LogP contribution in [-0.2, 0) is 11.2 Å². The van der Waals surface area contributed by atoms with Crippen molar-refractivity contribution in [2.24, 2.45) is 5.41 Å². The number of carbonyl (C=O) groups is 1. The molecular formula is C13H17NO2. The molecule has 0 spiro atoms. The summed E-state index contributed by atoms with van der Waals surface area (Å²) < 4.78 is 0. The van der Waals surface area contributed by atoms with Crippen LogP contribution in [0.5, 0.6) is 0 Å². The van der Waals surface area contributed by atoms with Crippen LogP contribution in [0.1, 0.15) is 25.0 Å². The topological polar surface area (TPSA) is 49.3 Å². The van der Waals surface area contributed by atoms with Crippen LogP contribution in [-0.4, -0.2) is 17.1 Å². The van der Waals surface area contributed by atoms with E-state index in [9.17, 15) is 9.90 Å². The number of rotatable bonds is 2. The van der Waals surface area contributed by atoms with Crippen LogP contribution >= 0.6 is 0 Å². The minimum atomic E-state index is -0.755. The smallest absolute Gasteiger partial charge is 0.311 e. The van der Waals surface area contributed by atoms with Crippen molar-refractivity contribution in [1.29, 1.82) is 0 Å². The lowest BCUT2D eigenvalue weighted by Crippen LogP contribution is -2.41. The number of aliphatic carboxylic acids is 1. The standard InChI is InChI=1S/C13H17NO2/c1-8-4-5-10-9(6-8)7-11(14-10)13(2,3)12(15)16/h4-6,11,14H,7H2,1-3H3,(H,15,16). The van der Waals surface area contributed by atoms with Crippen molar-refractivity contribution < 1.29 is 9.90 Å². The highest BCUT2D eigenvalue weighted by Crippen LogP contribution is 2.35. The Morgan fingerprint density at radius 3 is 2.81 bits per heavy atom. The number of fused-ring (bicyclic) bond motifs is 1. The summed E-state index contributed by atoms with van der Waals surface area (Å²) in [6.45, 7) is 5.59. The largest absolute Gasteiger partial charge is 0.481 e. The van der Waals surface area contributed by atoms with Gasteiger partial charge < -0.3 is 10.4 Å². The minimum Gasteiger partial charge on any atom is -0.481 e. The quantitative estimate of drug-likeness (QED) is 0.803. The molecule has 16 heavy (non-hydrogen) atoms. The Bertz CT molecular complexity index is 438. The molecule has 2 N–H and O–H groups in total. The monoisotopic (exact) mass is 219 g/mol. The Balaban J connectivity index is 2.26. The second-order valence-corrected chi connectivity index (χ2v) is 5.09. The molecule has 1 unspecified atom stereocenters. The van der Waals surface area contributed by atoms with Gasteiger partial charge >= 0.3 is 5.97 Å². The molecule has 1 aliphatic rings. The van der Waals surface area contributed by atoms with E-state index in [0.717, 1.165) is 12.1 Å². The van der Waals surface area contributed by atoms with Crippen molar-refractivity contribution >= 4 is 11.7 Å². The predicted molar refractivity (Wildman–Crippen MR) is 63.7 cm³/mol. The molecule has 0 aromatic heterocycles. The van der Waals surface area contributed by atoms with Gasteiger partial charge in [-0.2, -0.15) is 0 Å². The average Bonchev–Trinajstić information content (AvgIpc) is 2.60. The maximum absolute atomic E-state index is 11.2. The first-order valence-corrected chi connectivity index (χ1v) is 5.50. The molecule has 2 rings (SSSR count). The molecule has 3 heteroatoms. The summed E-state index contributed by atoms with van der Waals surface area (Å²) in [5.74, 6) is -0.755. The van der Waals surface area contributed by atoms with E-state index in [4.69, 9.17) is 0 Å². The van der Waals surface area contributed by atoms with Crippen LogP contribution in [0.15, 0.2) is 18.2 Å². The molecule has 0 saturated heterocycles. The average molecular weight is 219 g/mol. The van der Waals surface area contributed by atoms with Crippen molar-refractivity contribution in [3.8, 4) is 0 Å². The fourth-order valence-electron chi connectivity index (χ4n) is 2.08. The van der Waals surface area contributed by atoms with E-state index in [0.29, 0.717) is 0 Å². The second kappa shape index (κ2) is 3.51. The Hall–Kier alpha value is -1.51. The van der Waals surface area contributed by atoms with Gasteiger partial charge in [-0.25, -0.2) is 0 Å². The van der Waals surface area contributed by atoms with Gasteiger partial charge in [0.2, 0.25) is 0 Å². The third kappa shape index (κ3) is 1.66. The SMILES string of the molecule is Cc1ccc2c(c1)CC(C(C)(C)C(=O)O)N2. The number of hydrogen-bond acceptors (Lipinski definition) is 2. The van der Waals surface area contributed by atoms with E-state index >= 15 is 0 Å². The lowest BCUT2D eigenvalue weighted by molar-refractivity contribution is -0.147. The first kappa shape index (κ1) is 11.0. The van der Waals surface area contributed by atoms with E-state index in [2.05, 4.69) is 18.3 Å². The molecule has 0 fully saturated rings. The van der Waals surface area contributed by atoms with Crippen LogP contribution < -0.4 is 5.32 Å². The summed E-state index contributed by atoms with van der Waals surface area (Å²) in [5.41, 5.74) is 2.77. The first-order chi connectivity index (χ1) is 7.41. The molecule has 1 aromatic carbocycles. The van der Waals surface area contributed by atoms with Gasteiger partial charge in [0.05, 0.1) is 5.41 Å². The van der Waals surface area contributed by atoms with Gasteiger partial charge in [0, 0.05) is 11.7 Å². The summed E-state index contributed by atoms with van der Waals surface area (Å²) in [6, 6.07) is 6.17. The van der Waals surface area contributed by atoms with Gasteiger partial charge in [-0.15, -0.1) is 0 Å². The van der Waals surface area contributed by atoms with Crippen LogP contribution in [0.4, 0.5) is 5.69 Å². The number of carboxylic acids is 1. The van der Waals surface area contributed by atoms with Crippen LogP contribution in [0, 0.1) is 12.3 Å². The van der Waals surface area contributed by atoms with E-state index in [1.54, 1.807) is 13.8 Å². The summed E-state index contributed by atoms with van der Waals surface area (Å²) in [5, 5.41) is 12.5. The Labute approximate surface area is 95.5 Å². The van der Waals surface area contributed by atoms with Crippen molar-refractivity contribution in [3.63, 3.8) is 0 Å². The van der Waals surface area contributed by atoms with Crippen molar-refractivity contribution in [2.45, 2.75) is 33.2 Å². The van der Waals surface area contributed by atoms with E-state index in [1.165, 1.54) is 11.1 Å². The molecule has 0 aliphatic carbocycles. The fraction of sp³-hybridized carbons (Fsp3) is 0.462. The lowest BCUT2D eigenvalue weighted by atomic mass is 9.83. The highest BCUT2D eigenvalue weighted by molar-refractivity contribution is 5.76. The van der Waals surface area contributed by atoms with Gasteiger partial charge in [-0.3, -0.25) is 4.79 Å². The summed E-state index contributed by atoms with van der Waals surface area (Å²) in [6.07, 6.45) is 0.788. The zero-order valence-corrected chi connectivity index (χ0v) is 9.87. The number of hydrogen-bond donors (Lipinski definition) is 2. The maximum Gasteiger partial charge on any atom is 0.311 e. The predicted octanol–water partition coefficient (Wildman–Crippen LogP) is 2.44. The van der Waals surface area contributed by atoms with Crippen LogP contribution in [0.25, 0.3) is 0 Å². The van der Waals surface area contributed by atoms with Gasteiger partial charge in [0.1, 0.15) is 0 Å². The first-order valence-electron chi connectivity index (χ1n) is 5.50. The van der Waals surface area contributed by atoms with Gasteiger partial charge in [0.15, 0.2) is 0 Å². The molecule has 86 valence electrons. The molecular weight excluding hydrogens is 202 g/mol. The third-order valence-electron chi connectivity index (χ3n) is 3.44. The summed E-state index contributed by atoms with van der Waals surface area (Å²) >= 11 is 0. The number of aryl methyl sites for hydroxylation is 1. The molecule has 3 nitrogen and oxygen atoms in total. The lowest BCUT2D eigenvalue weighted by Gasteiger charge is -2.27. The Kier molecular flexibility index (Phi) is 2.41. The summed E-state index contributed by atoms with van der Waals surface area (Å²) in [7, 11) is 0. The third-order valence-corrected chi connectivity index (χ3v) is 3.44. The van der Waals surface area contributed by atoms with E-state index in [-0.39, 0.29) is 6.04 Å². The number of anilines is 1. The number of carboxylic acid groups (broad SMARTS) is 1. The zero-order chi connectivity index (χ0) is 11.9. The van der Waals surface area contributed by atoms with E-state index in [1.807, 2.05) is 12.1 Å². The molecule has 1 heterocycles. The molecule has 0 radical (unpaired) electrons. The van der Waals surface area contributed by atoms with Gasteiger partial charge in [0.25, 0.3) is 0 Å². The van der Waals surface area contributed by atoms with Crippen LogP contribution in [0.3, 0.4) is 0 Å².